The van der Waals surface area contributed by atoms with Gasteiger partial charge in [-0.2, -0.15) is 0 Å². The number of amides is 2. The Kier molecular flexibility index (Phi) is 3.75. The van der Waals surface area contributed by atoms with Crippen LogP contribution < -0.4 is 11.1 Å². The van der Waals surface area contributed by atoms with Gasteiger partial charge >= 0.3 is 6.09 Å². The highest BCUT2D eigenvalue weighted by molar-refractivity contribution is 6.05. The van der Waals surface area contributed by atoms with E-state index in [0.29, 0.717) is 5.56 Å². The fourth-order valence-electron chi connectivity index (χ4n) is 3.52. The zero-order valence-electron chi connectivity index (χ0n) is 12.1. The SMILES string of the molecule is NC(=O)c1ccc(C2CCCC(NC(=O)O)C2)c2cc[nH]c12. The number of hydrogen-bond donors (Lipinski definition) is 4. The van der Waals surface area contributed by atoms with E-state index in [4.69, 9.17) is 10.8 Å². The number of fused-ring (bicyclic) bond motifs is 1. The normalized spacial score (nSPS) is 21.6. The van der Waals surface area contributed by atoms with Gasteiger partial charge in [-0.1, -0.05) is 12.5 Å². The number of H-pyrrole nitrogens is 1. The van der Waals surface area contributed by atoms with Gasteiger partial charge < -0.3 is 21.1 Å². The van der Waals surface area contributed by atoms with Gasteiger partial charge in [0, 0.05) is 17.6 Å². The summed E-state index contributed by atoms with van der Waals surface area (Å²) in [5.41, 5.74) is 7.81. The highest BCUT2D eigenvalue weighted by atomic mass is 16.4. The smallest absolute Gasteiger partial charge is 0.404 e. The van der Waals surface area contributed by atoms with Crippen molar-refractivity contribution >= 4 is 22.9 Å². The molecule has 0 saturated heterocycles. The van der Waals surface area contributed by atoms with Crippen LogP contribution in [0.5, 0.6) is 0 Å². The van der Waals surface area contributed by atoms with Crippen molar-refractivity contribution in [3.63, 3.8) is 0 Å². The maximum atomic E-state index is 11.5. The maximum absolute atomic E-state index is 11.5. The van der Waals surface area contributed by atoms with Crippen molar-refractivity contribution in [2.45, 2.75) is 37.6 Å². The van der Waals surface area contributed by atoms with Crippen LogP contribution in [0.3, 0.4) is 0 Å². The highest BCUT2D eigenvalue weighted by Crippen LogP contribution is 2.37. The summed E-state index contributed by atoms with van der Waals surface area (Å²) in [5.74, 6) is -0.168. The largest absolute Gasteiger partial charge is 0.465 e. The van der Waals surface area contributed by atoms with Crippen molar-refractivity contribution in [3.05, 3.63) is 35.5 Å². The van der Waals surface area contributed by atoms with Crippen LogP contribution in [0, 0.1) is 0 Å². The Hall–Kier alpha value is -2.50. The van der Waals surface area contributed by atoms with Gasteiger partial charge in [-0.05, 0) is 42.9 Å². The number of nitrogens with two attached hydrogens (primary N) is 1. The predicted molar refractivity (Wildman–Crippen MR) is 83.0 cm³/mol. The fraction of sp³-hybridized carbons (Fsp3) is 0.375. The number of carboxylic acid groups (broad SMARTS) is 1. The molecule has 1 fully saturated rings. The maximum Gasteiger partial charge on any atom is 0.404 e. The minimum atomic E-state index is -0.971. The first-order valence-corrected chi connectivity index (χ1v) is 7.45. The van der Waals surface area contributed by atoms with E-state index in [1.54, 1.807) is 12.3 Å². The number of carbonyl (C=O) groups excluding carboxylic acids is 1. The molecule has 1 heterocycles. The number of nitrogens with one attached hydrogen (secondary N) is 2. The van der Waals surface area contributed by atoms with Crippen LogP contribution in [0.25, 0.3) is 10.9 Å². The van der Waals surface area contributed by atoms with Crippen LogP contribution in [0.4, 0.5) is 4.79 Å². The second-order valence-electron chi connectivity index (χ2n) is 5.84. The average molecular weight is 301 g/mol. The van der Waals surface area contributed by atoms with E-state index in [0.717, 1.165) is 42.1 Å². The molecule has 0 radical (unpaired) electrons. The Morgan fingerprint density at radius 3 is 2.82 bits per heavy atom. The molecule has 0 spiro atoms. The van der Waals surface area contributed by atoms with Gasteiger partial charge in [0.2, 0.25) is 0 Å². The fourth-order valence-corrected chi connectivity index (χ4v) is 3.52. The molecule has 2 atom stereocenters. The van der Waals surface area contributed by atoms with Crippen LogP contribution in [-0.4, -0.2) is 28.1 Å². The van der Waals surface area contributed by atoms with Crippen LogP contribution in [-0.2, 0) is 0 Å². The minimum Gasteiger partial charge on any atom is -0.465 e. The summed E-state index contributed by atoms with van der Waals surface area (Å²) in [5, 5.41) is 12.5. The molecule has 5 N–H and O–H groups in total. The van der Waals surface area contributed by atoms with Crippen LogP contribution in [0.15, 0.2) is 24.4 Å². The molecule has 2 unspecified atom stereocenters. The molecule has 3 rings (SSSR count). The molecule has 0 aliphatic heterocycles. The third-order valence-electron chi connectivity index (χ3n) is 4.46. The van der Waals surface area contributed by atoms with Crippen molar-refractivity contribution in [3.8, 4) is 0 Å². The molecule has 1 aliphatic rings. The quantitative estimate of drug-likeness (QED) is 0.699. The number of aromatic nitrogens is 1. The zero-order valence-corrected chi connectivity index (χ0v) is 12.1. The van der Waals surface area contributed by atoms with Gasteiger partial charge in [0.15, 0.2) is 0 Å². The highest BCUT2D eigenvalue weighted by Gasteiger charge is 2.26. The third-order valence-corrected chi connectivity index (χ3v) is 4.46. The Morgan fingerprint density at radius 2 is 2.09 bits per heavy atom. The molecule has 2 aromatic rings. The predicted octanol–water partition coefficient (Wildman–Crippen LogP) is 2.56. The summed E-state index contributed by atoms with van der Waals surface area (Å²) in [7, 11) is 0. The molecule has 1 aromatic carbocycles. The molecule has 6 nitrogen and oxygen atoms in total. The summed E-state index contributed by atoms with van der Waals surface area (Å²) < 4.78 is 0. The van der Waals surface area contributed by atoms with Crippen molar-refractivity contribution in [1.29, 1.82) is 0 Å². The second-order valence-corrected chi connectivity index (χ2v) is 5.84. The third kappa shape index (κ3) is 2.64. The topological polar surface area (TPSA) is 108 Å². The Labute approximate surface area is 127 Å². The number of benzene rings is 1. The first kappa shape index (κ1) is 14.4. The van der Waals surface area contributed by atoms with Gasteiger partial charge in [0.25, 0.3) is 5.91 Å². The summed E-state index contributed by atoms with van der Waals surface area (Å²) >= 11 is 0. The summed E-state index contributed by atoms with van der Waals surface area (Å²) in [6, 6.07) is 5.64. The standard InChI is InChI=1S/C16H19N3O3/c17-15(20)13-5-4-11(12-6-7-18-14(12)13)9-2-1-3-10(8-9)19-16(21)22/h4-7,9-10,18-19H,1-3,8H2,(H2,17,20)(H,21,22). The molecule has 22 heavy (non-hydrogen) atoms. The molecular weight excluding hydrogens is 282 g/mol. The Bertz CT molecular complexity index is 722. The lowest BCUT2D eigenvalue weighted by molar-refractivity contribution is 0.100. The molecular formula is C16H19N3O3. The number of primary amides is 1. The van der Waals surface area contributed by atoms with Gasteiger partial charge in [0.05, 0.1) is 11.1 Å². The van der Waals surface area contributed by atoms with Gasteiger partial charge in [-0.25, -0.2) is 4.79 Å². The van der Waals surface area contributed by atoms with E-state index in [2.05, 4.69) is 10.3 Å². The minimum absolute atomic E-state index is 0.0129. The monoisotopic (exact) mass is 301 g/mol. The van der Waals surface area contributed by atoms with Gasteiger partial charge in [-0.3, -0.25) is 4.79 Å². The summed E-state index contributed by atoms with van der Waals surface area (Å²) in [6.07, 6.45) is 4.49. The lowest BCUT2D eigenvalue weighted by Crippen LogP contribution is -2.37. The zero-order chi connectivity index (χ0) is 15.7. The van der Waals surface area contributed by atoms with Crippen LogP contribution >= 0.6 is 0 Å². The summed E-state index contributed by atoms with van der Waals surface area (Å²) in [6.45, 7) is 0. The van der Waals surface area contributed by atoms with Gasteiger partial charge in [0.1, 0.15) is 0 Å². The summed E-state index contributed by atoms with van der Waals surface area (Å²) in [4.78, 5) is 25.4. The second kappa shape index (κ2) is 5.71. The van der Waals surface area contributed by atoms with E-state index in [9.17, 15) is 9.59 Å². The number of hydrogen-bond acceptors (Lipinski definition) is 2. The van der Waals surface area contributed by atoms with Crippen molar-refractivity contribution in [1.82, 2.24) is 10.3 Å². The first-order chi connectivity index (χ1) is 10.6. The first-order valence-electron chi connectivity index (χ1n) is 7.45. The molecule has 1 saturated carbocycles. The van der Waals surface area contributed by atoms with E-state index >= 15 is 0 Å². The van der Waals surface area contributed by atoms with E-state index in [-0.39, 0.29) is 12.0 Å². The van der Waals surface area contributed by atoms with Gasteiger partial charge in [-0.15, -0.1) is 0 Å². The molecule has 116 valence electrons. The number of carbonyl (C=O) groups is 2. The lowest BCUT2D eigenvalue weighted by Gasteiger charge is -2.29. The molecule has 6 heteroatoms. The molecule has 2 amide bonds. The van der Waals surface area contributed by atoms with Crippen molar-refractivity contribution in [2.75, 3.05) is 0 Å². The average Bonchev–Trinajstić information content (AvgIpc) is 2.94. The van der Waals surface area contributed by atoms with Crippen LogP contribution in [0.2, 0.25) is 0 Å². The Balaban J connectivity index is 1.93. The molecule has 1 aliphatic carbocycles. The van der Waals surface area contributed by atoms with Crippen molar-refractivity contribution < 1.29 is 14.7 Å². The van der Waals surface area contributed by atoms with E-state index in [1.165, 1.54) is 0 Å². The number of rotatable bonds is 3. The van der Waals surface area contributed by atoms with E-state index in [1.807, 2.05) is 12.1 Å². The van der Waals surface area contributed by atoms with Crippen molar-refractivity contribution in [2.24, 2.45) is 5.73 Å². The Morgan fingerprint density at radius 1 is 1.27 bits per heavy atom. The molecule has 1 aromatic heterocycles. The number of aromatic amines is 1. The lowest BCUT2D eigenvalue weighted by atomic mass is 9.80. The van der Waals surface area contributed by atoms with E-state index < -0.39 is 12.0 Å². The molecule has 0 bridgehead atoms. The van der Waals surface area contributed by atoms with Crippen LogP contribution in [0.1, 0.15) is 47.5 Å².